The van der Waals surface area contributed by atoms with E-state index in [-0.39, 0.29) is 24.2 Å². The van der Waals surface area contributed by atoms with Crippen molar-refractivity contribution in [2.75, 3.05) is 39.8 Å². The number of hydrogen-bond donors (Lipinski definition) is 2. The van der Waals surface area contributed by atoms with Gasteiger partial charge in [-0.05, 0) is 35.7 Å². The number of halogens is 1. The predicted octanol–water partition coefficient (Wildman–Crippen LogP) is 2.44. The lowest BCUT2D eigenvalue weighted by atomic mass is 10.0. The van der Waals surface area contributed by atoms with E-state index in [0.29, 0.717) is 19.7 Å². The summed E-state index contributed by atoms with van der Waals surface area (Å²) in [5.41, 5.74) is 3.20. The number of carbonyl (C=O) groups excluding carboxylic acids is 1. The molecular weight excluding hydrogens is 383 g/mol. The van der Waals surface area contributed by atoms with Gasteiger partial charge in [0.2, 0.25) is 5.91 Å². The summed E-state index contributed by atoms with van der Waals surface area (Å²) < 4.78 is 18.9. The van der Waals surface area contributed by atoms with Gasteiger partial charge < -0.3 is 20.3 Å². The molecule has 0 bridgehead atoms. The Morgan fingerprint density at radius 2 is 1.90 bits per heavy atom. The van der Waals surface area contributed by atoms with Gasteiger partial charge in [0.1, 0.15) is 11.9 Å². The maximum atomic E-state index is 12.9. The molecule has 2 N–H and O–H groups in total. The van der Waals surface area contributed by atoms with Crippen LogP contribution in [0.1, 0.15) is 22.8 Å². The van der Waals surface area contributed by atoms with Crippen LogP contribution in [0.25, 0.3) is 0 Å². The Morgan fingerprint density at radius 3 is 2.63 bits per heavy atom. The summed E-state index contributed by atoms with van der Waals surface area (Å²) in [6.45, 7) is 5.26. The number of amides is 1. The zero-order valence-corrected chi connectivity index (χ0v) is 17.5. The second-order valence-corrected chi connectivity index (χ2v) is 7.29. The minimum absolute atomic E-state index is 0.00825. The monoisotopic (exact) mass is 412 g/mol. The van der Waals surface area contributed by atoms with Gasteiger partial charge in [-0.3, -0.25) is 9.79 Å². The van der Waals surface area contributed by atoms with Gasteiger partial charge in [0.25, 0.3) is 0 Å². The van der Waals surface area contributed by atoms with E-state index in [1.54, 1.807) is 19.2 Å². The third kappa shape index (κ3) is 6.03. The third-order valence-corrected chi connectivity index (χ3v) is 5.12. The molecule has 7 heteroatoms. The topological polar surface area (TPSA) is 66.0 Å². The van der Waals surface area contributed by atoms with Crippen LogP contribution in [-0.4, -0.2) is 56.6 Å². The normalized spacial score (nSPS) is 17.0. The molecule has 1 fully saturated rings. The zero-order chi connectivity index (χ0) is 21.3. The van der Waals surface area contributed by atoms with E-state index in [2.05, 4.69) is 39.6 Å². The average Bonchev–Trinajstić information content (AvgIpc) is 2.76. The van der Waals surface area contributed by atoms with E-state index in [1.807, 2.05) is 12.1 Å². The van der Waals surface area contributed by atoms with Crippen LogP contribution in [0.4, 0.5) is 4.39 Å². The molecule has 1 unspecified atom stereocenters. The molecule has 2 aromatic rings. The van der Waals surface area contributed by atoms with Gasteiger partial charge >= 0.3 is 0 Å². The highest BCUT2D eigenvalue weighted by Gasteiger charge is 2.25. The molecule has 3 rings (SSSR count). The first-order chi connectivity index (χ1) is 14.6. The van der Waals surface area contributed by atoms with Crippen LogP contribution in [0.5, 0.6) is 0 Å². The van der Waals surface area contributed by atoms with Crippen molar-refractivity contribution in [1.29, 1.82) is 0 Å². The molecule has 160 valence electrons. The highest BCUT2D eigenvalue weighted by atomic mass is 19.1. The molecule has 1 saturated heterocycles. The SMILES string of the molecule is CN=C(NCCNC(=O)Cc1ccc(F)cc1)N1CCOC(c2ccccc2C)C1. The number of aliphatic imine (C=N–C) groups is 1. The summed E-state index contributed by atoms with van der Waals surface area (Å²) in [4.78, 5) is 18.6. The number of ether oxygens (including phenoxy) is 1. The fourth-order valence-electron chi connectivity index (χ4n) is 3.54. The number of nitrogens with zero attached hydrogens (tertiary/aromatic N) is 2. The summed E-state index contributed by atoms with van der Waals surface area (Å²) >= 11 is 0. The third-order valence-electron chi connectivity index (χ3n) is 5.12. The molecule has 0 radical (unpaired) electrons. The van der Waals surface area contributed by atoms with E-state index in [4.69, 9.17) is 4.74 Å². The molecule has 0 aromatic heterocycles. The lowest BCUT2D eigenvalue weighted by molar-refractivity contribution is -0.120. The Kier molecular flexibility index (Phi) is 7.79. The van der Waals surface area contributed by atoms with Crippen molar-refractivity contribution in [3.8, 4) is 0 Å². The fraction of sp³-hybridized carbons (Fsp3) is 0.391. The van der Waals surface area contributed by atoms with Gasteiger partial charge in [0.15, 0.2) is 5.96 Å². The van der Waals surface area contributed by atoms with Crippen LogP contribution in [-0.2, 0) is 16.0 Å². The summed E-state index contributed by atoms with van der Waals surface area (Å²) in [6, 6.07) is 14.2. The second kappa shape index (κ2) is 10.7. The van der Waals surface area contributed by atoms with Crippen molar-refractivity contribution >= 4 is 11.9 Å². The fourth-order valence-corrected chi connectivity index (χ4v) is 3.54. The summed E-state index contributed by atoms with van der Waals surface area (Å²) in [7, 11) is 1.76. The standard InChI is InChI=1S/C23H29FN4O2/c1-17-5-3-4-6-20(17)21-16-28(13-14-30-21)23(25-2)27-12-11-26-22(29)15-18-7-9-19(24)10-8-18/h3-10,21H,11-16H2,1-2H3,(H,25,27)(H,26,29). The van der Waals surface area contributed by atoms with Crippen molar-refractivity contribution in [1.82, 2.24) is 15.5 Å². The smallest absolute Gasteiger partial charge is 0.224 e. The number of guanidine groups is 1. The first-order valence-electron chi connectivity index (χ1n) is 10.2. The Balaban J connectivity index is 1.44. The molecule has 2 aromatic carbocycles. The maximum Gasteiger partial charge on any atom is 0.224 e. The van der Waals surface area contributed by atoms with Gasteiger partial charge in [-0.25, -0.2) is 4.39 Å². The Morgan fingerprint density at radius 1 is 1.17 bits per heavy atom. The molecule has 1 aliphatic heterocycles. The minimum atomic E-state index is -0.303. The highest BCUT2D eigenvalue weighted by Crippen LogP contribution is 2.24. The number of benzene rings is 2. The summed E-state index contributed by atoms with van der Waals surface area (Å²) in [5, 5.41) is 6.19. The highest BCUT2D eigenvalue weighted by molar-refractivity contribution is 5.80. The van der Waals surface area contributed by atoms with E-state index in [1.165, 1.54) is 23.3 Å². The van der Waals surface area contributed by atoms with Gasteiger partial charge in [0, 0.05) is 26.7 Å². The molecule has 1 aliphatic rings. The van der Waals surface area contributed by atoms with Crippen molar-refractivity contribution in [2.24, 2.45) is 4.99 Å². The maximum absolute atomic E-state index is 12.9. The molecule has 1 amide bonds. The molecule has 30 heavy (non-hydrogen) atoms. The Labute approximate surface area is 177 Å². The van der Waals surface area contributed by atoms with Gasteiger partial charge in [-0.1, -0.05) is 36.4 Å². The van der Waals surface area contributed by atoms with Gasteiger partial charge in [-0.2, -0.15) is 0 Å². The number of hydrogen-bond acceptors (Lipinski definition) is 3. The van der Waals surface area contributed by atoms with Crippen LogP contribution in [0.2, 0.25) is 0 Å². The van der Waals surface area contributed by atoms with Crippen LogP contribution in [0, 0.1) is 12.7 Å². The number of rotatable bonds is 6. The Bertz CT molecular complexity index is 870. The average molecular weight is 413 g/mol. The second-order valence-electron chi connectivity index (χ2n) is 7.29. The zero-order valence-electron chi connectivity index (χ0n) is 17.5. The molecule has 0 spiro atoms. The van der Waals surface area contributed by atoms with Crippen LogP contribution >= 0.6 is 0 Å². The molecule has 0 saturated carbocycles. The largest absolute Gasteiger partial charge is 0.370 e. The Hall–Kier alpha value is -2.93. The van der Waals surface area contributed by atoms with E-state index in [9.17, 15) is 9.18 Å². The number of nitrogens with one attached hydrogen (secondary N) is 2. The summed E-state index contributed by atoms with van der Waals surface area (Å²) in [5.74, 6) is 0.400. The lowest BCUT2D eigenvalue weighted by Crippen LogP contribution is -2.49. The molecule has 6 nitrogen and oxygen atoms in total. The van der Waals surface area contributed by atoms with E-state index in [0.717, 1.165) is 24.6 Å². The van der Waals surface area contributed by atoms with Crippen molar-refractivity contribution < 1.29 is 13.9 Å². The molecule has 0 aliphatic carbocycles. The quantitative estimate of drug-likeness (QED) is 0.435. The van der Waals surface area contributed by atoms with Crippen molar-refractivity contribution in [3.63, 3.8) is 0 Å². The summed E-state index contributed by atoms with van der Waals surface area (Å²) in [6.07, 6.45) is 0.241. The first-order valence-corrected chi connectivity index (χ1v) is 10.2. The van der Waals surface area contributed by atoms with Gasteiger partial charge in [0.05, 0.1) is 19.6 Å². The van der Waals surface area contributed by atoms with Crippen LogP contribution in [0.3, 0.4) is 0 Å². The first kappa shape index (κ1) is 21.8. The molecule has 1 atom stereocenters. The number of morpholine rings is 1. The number of aryl methyl sites for hydroxylation is 1. The van der Waals surface area contributed by atoms with E-state index < -0.39 is 0 Å². The van der Waals surface area contributed by atoms with Crippen molar-refractivity contribution in [3.05, 3.63) is 71.0 Å². The molecular formula is C23H29FN4O2. The molecule has 1 heterocycles. The lowest BCUT2D eigenvalue weighted by Gasteiger charge is -2.35. The van der Waals surface area contributed by atoms with Crippen molar-refractivity contribution in [2.45, 2.75) is 19.4 Å². The van der Waals surface area contributed by atoms with E-state index >= 15 is 0 Å². The van der Waals surface area contributed by atoms with Crippen LogP contribution in [0.15, 0.2) is 53.5 Å². The van der Waals surface area contributed by atoms with Crippen LogP contribution < -0.4 is 10.6 Å². The predicted molar refractivity (Wildman–Crippen MR) is 116 cm³/mol. The van der Waals surface area contributed by atoms with Gasteiger partial charge in [-0.15, -0.1) is 0 Å². The minimum Gasteiger partial charge on any atom is -0.370 e. The number of carbonyl (C=O) groups is 1.